The molecule has 3 aromatic carbocycles. The van der Waals surface area contributed by atoms with Gasteiger partial charge in [-0.1, -0.05) is 30.3 Å². The van der Waals surface area contributed by atoms with Crippen LogP contribution in [0.25, 0.3) is 6.08 Å². The fraction of sp³-hybridized carbons (Fsp3) is 0.0870. The van der Waals surface area contributed by atoms with Gasteiger partial charge in [0.25, 0.3) is 15.9 Å². The Morgan fingerprint density at radius 1 is 1.03 bits per heavy atom. The second-order valence-corrected chi connectivity index (χ2v) is 8.42. The molecule has 0 fully saturated rings. The first-order chi connectivity index (χ1) is 14.9. The number of carbonyl (C=O) groups is 1. The Hall–Kier alpha value is -3.65. The van der Waals surface area contributed by atoms with E-state index in [1.807, 2.05) is 18.2 Å². The van der Waals surface area contributed by atoms with Crippen molar-refractivity contribution in [2.75, 3.05) is 22.8 Å². The molecule has 0 atom stereocenters. The second-order valence-electron chi connectivity index (χ2n) is 6.86. The van der Waals surface area contributed by atoms with E-state index in [-0.39, 0.29) is 12.5 Å². The molecule has 0 aliphatic carbocycles. The average Bonchev–Trinajstić information content (AvgIpc) is 2.78. The molecule has 0 bridgehead atoms. The van der Waals surface area contributed by atoms with Gasteiger partial charge in [0.2, 0.25) is 0 Å². The van der Waals surface area contributed by atoms with E-state index < -0.39 is 15.8 Å². The van der Waals surface area contributed by atoms with Crippen LogP contribution in [0.2, 0.25) is 0 Å². The molecule has 1 N–H and O–H groups in total. The zero-order chi connectivity index (χ0) is 21.8. The number of amides is 1. The van der Waals surface area contributed by atoms with Crippen molar-refractivity contribution in [1.82, 2.24) is 0 Å². The molecular weight excluding hydrogens is 419 g/mol. The molecule has 8 heteroatoms. The minimum absolute atomic E-state index is 0.258. The molecule has 1 aliphatic rings. The minimum Gasteiger partial charge on any atom is -0.489 e. The predicted octanol–water partition coefficient (Wildman–Crippen LogP) is 4.28. The molecule has 0 saturated carbocycles. The van der Waals surface area contributed by atoms with Gasteiger partial charge in [0, 0.05) is 17.3 Å². The van der Waals surface area contributed by atoms with E-state index in [2.05, 4.69) is 4.72 Å². The van der Waals surface area contributed by atoms with Crippen LogP contribution < -0.4 is 14.4 Å². The topological polar surface area (TPSA) is 75.7 Å². The second kappa shape index (κ2) is 8.61. The lowest BCUT2D eigenvalue weighted by atomic mass is 10.1. The number of nitrogens with zero attached hydrogens (tertiary/aromatic N) is 1. The zero-order valence-corrected chi connectivity index (χ0v) is 17.2. The van der Waals surface area contributed by atoms with Crippen LogP contribution in [0.15, 0.2) is 78.2 Å². The van der Waals surface area contributed by atoms with Crippen LogP contribution in [0.5, 0.6) is 5.75 Å². The molecule has 1 amide bonds. The molecule has 0 aromatic heterocycles. The summed E-state index contributed by atoms with van der Waals surface area (Å²) in [5, 5.41) is 1.09. The molecule has 6 nitrogen and oxygen atoms in total. The van der Waals surface area contributed by atoms with Gasteiger partial charge in [0.1, 0.15) is 18.2 Å². The molecule has 158 valence electrons. The number of nitrogens with one attached hydrogen (secondary N) is 1. The summed E-state index contributed by atoms with van der Waals surface area (Å²) in [4.78, 5) is 14.4. The number of benzene rings is 3. The lowest BCUT2D eigenvalue weighted by molar-refractivity contribution is 0.0976. The van der Waals surface area contributed by atoms with Gasteiger partial charge in [-0.15, -0.1) is 0 Å². The van der Waals surface area contributed by atoms with Crippen LogP contribution in [-0.4, -0.2) is 27.5 Å². The van der Waals surface area contributed by atoms with E-state index in [1.54, 1.807) is 24.3 Å². The summed E-state index contributed by atoms with van der Waals surface area (Å²) in [7, 11) is -3.71. The summed E-state index contributed by atoms with van der Waals surface area (Å²) in [5.41, 5.74) is 1.96. The van der Waals surface area contributed by atoms with Gasteiger partial charge in [0.15, 0.2) is 0 Å². The highest BCUT2D eigenvalue weighted by atomic mass is 32.2. The maximum atomic E-state index is 13.4. The van der Waals surface area contributed by atoms with E-state index in [4.69, 9.17) is 4.74 Å². The van der Waals surface area contributed by atoms with Gasteiger partial charge in [-0.25, -0.2) is 12.8 Å². The lowest BCUT2D eigenvalue weighted by Gasteiger charge is -2.29. The zero-order valence-electron chi connectivity index (χ0n) is 16.4. The SMILES string of the molecule is O=C(c1ccc(NS(=O)(=O)/C=C/c2ccccc2)cc1)N1CCOc2cc(F)ccc21. The Bertz CT molecular complexity index is 1230. The Kier molecular flexibility index (Phi) is 5.73. The summed E-state index contributed by atoms with van der Waals surface area (Å²) in [5.74, 6) is -0.408. The summed E-state index contributed by atoms with van der Waals surface area (Å²) < 4.78 is 45.9. The first-order valence-electron chi connectivity index (χ1n) is 9.51. The fourth-order valence-corrected chi connectivity index (χ4v) is 4.04. The Balaban J connectivity index is 1.47. The summed E-state index contributed by atoms with van der Waals surface area (Å²) in [6, 6.07) is 19.2. The molecular formula is C23H19FN2O4S. The third-order valence-electron chi connectivity index (χ3n) is 4.66. The molecule has 3 aromatic rings. The van der Waals surface area contributed by atoms with Crippen molar-refractivity contribution in [3.05, 3.63) is 95.1 Å². The molecule has 0 saturated heterocycles. The van der Waals surface area contributed by atoms with Crippen LogP contribution in [-0.2, 0) is 10.0 Å². The quantitative estimate of drug-likeness (QED) is 0.645. The highest BCUT2D eigenvalue weighted by Gasteiger charge is 2.25. The number of ether oxygens (including phenoxy) is 1. The Morgan fingerprint density at radius 3 is 2.52 bits per heavy atom. The normalized spacial score (nSPS) is 13.5. The Labute approximate surface area is 179 Å². The fourth-order valence-electron chi connectivity index (χ4n) is 3.17. The number of sulfonamides is 1. The monoisotopic (exact) mass is 438 g/mol. The number of rotatable bonds is 5. The van der Waals surface area contributed by atoms with Gasteiger partial charge in [-0.2, -0.15) is 0 Å². The first-order valence-corrected chi connectivity index (χ1v) is 11.1. The van der Waals surface area contributed by atoms with Gasteiger partial charge in [-0.05, 0) is 48.0 Å². The van der Waals surface area contributed by atoms with Gasteiger partial charge in [0.05, 0.1) is 17.6 Å². The van der Waals surface area contributed by atoms with Crippen LogP contribution in [0.4, 0.5) is 15.8 Å². The van der Waals surface area contributed by atoms with Crippen molar-refractivity contribution >= 4 is 33.4 Å². The van der Waals surface area contributed by atoms with Crippen molar-refractivity contribution in [2.24, 2.45) is 0 Å². The number of fused-ring (bicyclic) bond motifs is 1. The van der Waals surface area contributed by atoms with Crippen molar-refractivity contribution in [3.8, 4) is 5.75 Å². The van der Waals surface area contributed by atoms with Crippen LogP contribution in [0.1, 0.15) is 15.9 Å². The summed E-state index contributed by atoms with van der Waals surface area (Å²) >= 11 is 0. The third-order valence-corrected chi connectivity index (χ3v) is 5.68. The predicted molar refractivity (Wildman–Crippen MR) is 118 cm³/mol. The van der Waals surface area contributed by atoms with Crippen molar-refractivity contribution in [3.63, 3.8) is 0 Å². The van der Waals surface area contributed by atoms with Crippen molar-refractivity contribution in [2.45, 2.75) is 0 Å². The van der Waals surface area contributed by atoms with Crippen LogP contribution >= 0.6 is 0 Å². The Morgan fingerprint density at radius 2 is 1.77 bits per heavy atom. The summed E-state index contributed by atoms with van der Waals surface area (Å²) in [6.07, 6.45) is 1.50. The number of anilines is 2. The molecule has 0 spiro atoms. The highest BCUT2D eigenvalue weighted by Crippen LogP contribution is 2.33. The number of hydrogen-bond acceptors (Lipinski definition) is 4. The standard InChI is InChI=1S/C23H19FN2O4S/c24-19-8-11-21-22(16-19)30-14-13-26(21)23(27)18-6-9-20(10-7-18)25-31(28,29)15-12-17-4-2-1-3-5-17/h1-12,15-16,25H,13-14H2/b15-12+. The highest BCUT2D eigenvalue weighted by molar-refractivity contribution is 7.95. The molecule has 31 heavy (non-hydrogen) atoms. The largest absolute Gasteiger partial charge is 0.489 e. The smallest absolute Gasteiger partial charge is 0.258 e. The van der Waals surface area contributed by atoms with Gasteiger partial charge >= 0.3 is 0 Å². The van der Waals surface area contributed by atoms with Crippen molar-refractivity contribution < 1.29 is 22.3 Å². The number of hydrogen-bond donors (Lipinski definition) is 1. The third kappa shape index (κ3) is 4.92. The molecule has 1 heterocycles. The van der Waals surface area contributed by atoms with Gasteiger partial charge < -0.3 is 9.64 Å². The van der Waals surface area contributed by atoms with Gasteiger partial charge in [-0.3, -0.25) is 9.52 Å². The van der Waals surface area contributed by atoms with E-state index in [9.17, 15) is 17.6 Å². The molecule has 4 rings (SSSR count). The minimum atomic E-state index is -3.71. The first kappa shape index (κ1) is 20.6. The number of halogens is 1. The van der Waals surface area contributed by atoms with E-state index in [0.29, 0.717) is 29.2 Å². The van der Waals surface area contributed by atoms with Crippen LogP contribution in [0.3, 0.4) is 0 Å². The lowest BCUT2D eigenvalue weighted by Crippen LogP contribution is -2.38. The molecule has 0 unspecified atom stereocenters. The number of carbonyl (C=O) groups excluding carboxylic acids is 1. The summed E-state index contributed by atoms with van der Waals surface area (Å²) in [6.45, 7) is 0.587. The molecule has 0 radical (unpaired) electrons. The van der Waals surface area contributed by atoms with E-state index in [0.717, 1.165) is 11.0 Å². The van der Waals surface area contributed by atoms with Crippen LogP contribution in [0, 0.1) is 5.82 Å². The average molecular weight is 438 g/mol. The molecule has 1 aliphatic heterocycles. The maximum absolute atomic E-state index is 13.4. The van der Waals surface area contributed by atoms with E-state index >= 15 is 0 Å². The van der Waals surface area contributed by atoms with Crippen molar-refractivity contribution in [1.29, 1.82) is 0 Å². The maximum Gasteiger partial charge on any atom is 0.258 e. The van der Waals surface area contributed by atoms with E-state index in [1.165, 1.54) is 41.3 Å².